The first-order valence-corrected chi connectivity index (χ1v) is 7.57. The van der Waals surface area contributed by atoms with Crippen LogP contribution in [-0.4, -0.2) is 25.3 Å². The van der Waals surface area contributed by atoms with E-state index in [9.17, 15) is 9.59 Å². The van der Waals surface area contributed by atoms with Crippen molar-refractivity contribution in [1.29, 1.82) is 0 Å². The van der Waals surface area contributed by atoms with Gasteiger partial charge in [-0.1, -0.05) is 12.1 Å². The molecular formula is C17H15N5O2. The maximum absolute atomic E-state index is 12.4. The average Bonchev–Trinajstić information content (AvgIpc) is 3.15. The van der Waals surface area contributed by atoms with Crippen molar-refractivity contribution in [2.45, 2.75) is 13.0 Å². The van der Waals surface area contributed by atoms with Gasteiger partial charge in [-0.05, 0) is 36.8 Å². The van der Waals surface area contributed by atoms with Gasteiger partial charge in [0, 0.05) is 12.4 Å². The van der Waals surface area contributed by atoms with Gasteiger partial charge in [-0.25, -0.2) is 9.78 Å². The summed E-state index contributed by atoms with van der Waals surface area (Å²) in [5.74, 6) is -0.242. The number of benzene rings is 1. The maximum Gasteiger partial charge on any atom is 0.323 e. The van der Waals surface area contributed by atoms with E-state index < -0.39 is 0 Å². The van der Waals surface area contributed by atoms with Crippen molar-refractivity contribution in [3.05, 3.63) is 70.5 Å². The van der Waals surface area contributed by atoms with E-state index in [-0.39, 0.29) is 17.6 Å². The van der Waals surface area contributed by atoms with Crippen LogP contribution < -0.4 is 11.0 Å². The second-order valence-corrected chi connectivity index (χ2v) is 5.67. The standard InChI is InChI=1S/C17H15N5O2/c1-10(11-5-6-12-13(8-11)21-17(24)20-12)18-16(23)14-9-22-7-3-2-4-15(22)19-14/h2-10H,1H3,(H,18,23)(H2,20,21,24)/t10-/m1/s1. The molecule has 0 saturated carbocycles. The van der Waals surface area contributed by atoms with Crippen LogP contribution in [0.5, 0.6) is 0 Å². The third-order valence-electron chi connectivity index (χ3n) is 3.98. The van der Waals surface area contributed by atoms with Gasteiger partial charge in [0.05, 0.1) is 17.1 Å². The number of aromatic nitrogens is 4. The van der Waals surface area contributed by atoms with Crippen molar-refractivity contribution < 1.29 is 4.79 Å². The summed E-state index contributed by atoms with van der Waals surface area (Å²) in [4.78, 5) is 33.5. The molecule has 1 aromatic carbocycles. The third-order valence-corrected chi connectivity index (χ3v) is 3.98. The van der Waals surface area contributed by atoms with Crippen molar-refractivity contribution in [2.75, 3.05) is 0 Å². The Balaban J connectivity index is 1.58. The number of nitrogens with one attached hydrogen (secondary N) is 3. The van der Waals surface area contributed by atoms with E-state index in [0.717, 1.165) is 16.7 Å². The lowest BCUT2D eigenvalue weighted by Crippen LogP contribution is -2.26. The number of carbonyl (C=O) groups excluding carboxylic acids is 1. The van der Waals surface area contributed by atoms with Crippen LogP contribution >= 0.6 is 0 Å². The summed E-state index contributed by atoms with van der Waals surface area (Å²) in [5, 5.41) is 2.93. The molecule has 7 heteroatoms. The summed E-state index contributed by atoms with van der Waals surface area (Å²) < 4.78 is 1.80. The van der Waals surface area contributed by atoms with Crippen LogP contribution in [0.4, 0.5) is 0 Å². The zero-order valence-corrected chi connectivity index (χ0v) is 12.9. The molecule has 7 nitrogen and oxygen atoms in total. The number of imidazole rings is 2. The van der Waals surface area contributed by atoms with Crippen LogP contribution in [0, 0.1) is 0 Å². The fourth-order valence-corrected chi connectivity index (χ4v) is 2.72. The molecule has 0 bridgehead atoms. The van der Waals surface area contributed by atoms with E-state index in [2.05, 4.69) is 20.3 Å². The predicted molar refractivity (Wildman–Crippen MR) is 90.0 cm³/mol. The first-order chi connectivity index (χ1) is 11.6. The van der Waals surface area contributed by atoms with E-state index in [1.165, 1.54) is 0 Å². The van der Waals surface area contributed by atoms with Gasteiger partial charge in [0.1, 0.15) is 11.3 Å². The number of rotatable bonds is 3. The first-order valence-electron chi connectivity index (χ1n) is 7.57. The molecule has 0 radical (unpaired) electrons. The number of hydrogen-bond donors (Lipinski definition) is 3. The van der Waals surface area contributed by atoms with E-state index in [4.69, 9.17) is 0 Å². The molecule has 3 N–H and O–H groups in total. The Labute approximate surface area is 136 Å². The number of fused-ring (bicyclic) bond motifs is 2. The summed E-state index contributed by atoms with van der Waals surface area (Å²) >= 11 is 0. The van der Waals surface area contributed by atoms with Crippen molar-refractivity contribution in [1.82, 2.24) is 24.7 Å². The average molecular weight is 321 g/mol. The highest BCUT2D eigenvalue weighted by molar-refractivity contribution is 5.93. The van der Waals surface area contributed by atoms with Gasteiger partial charge in [0.15, 0.2) is 0 Å². The Morgan fingerprint density at radius 3 is 2.88 bits per heavy atom. The van der Waals surface area contributed by atoms with Gasteiger partial charge in [-0.2, -0.15) is 0 Å². The monoisotopic (exact) mass is 321 g/mol. The number of hydrogen-bond acceptors (Lipinski definition) is 3. The zero-order valence-electron chi connectivity index (χ0n) is 12.9. The molecule has 120 valence electrons. The van der Waals surface area contributed by atoms with E-state index in [1.807, 2.05) is 49.5 Å². The lowest BCUT2D eigenvalue weighted by molar-refractivity contribution is 0.0935. The topological polar surface area (TPSA) is 95.1 Å². The molecule has 0 unspecified atom stereocenters. The summed E-state index contributed by atoms with van der Waals surface area (Å²) in [7, 11) is 0. The van der Waals surface area contributed by atoms with Crippen molar-refractivity contribution in [2.24, 2.45) is 0 Å². The molecule has 24 heavy (non-hydrogen) atoms. The van der Waals surface area contributed by atoms with Crippen molar-refractivity contribution in [3.63, 3.8) is 0 Å². The second-order valence-electron chi connectivity index (χ2n) is 5.67. The number of carbonyl (C=O) groups is 1. The molecule has 1 atom stereocenters. The molecule has 3 heterocycles. The lowest BCUT2D eigenvalue weighted by atomic mass is 10.1. The minimum absolute atomic E-state index is 0.217. The summed E-state index contributed by atoms with van der Waals surface area (Å²) in [6, 6.07) is 10.9. The number of nitrogens with zero attached hydrogens (tertiary/aromatic N) is 2. The molecule has 0 aliphatic rings. The van der Waals surface area contributed by atoms with Gasteiger partial charge in [0.25, 0.3) is 5.91 Å². The summed E-state index contributed by atoms with van der Waals surface area (Å²) in [6.07, 6.45) is 3.54. The van der Waals surface area contributed by atoms with E-state index >= 15 is 0 Å². The predicted octanol–water partition coefficient (Wildman–Crippen LogP) is 1.99. The second kappa shape index (κ2) is 5.38. The molecule has 0 saturated heterocycles. The van der Waals surface area contributed by atoms with Crippen LogP contribution in [0.3, 0.4) is 0 Å². The molecular weight excluding hydrogens is 306 g/mol. The molecule has 4 rings (SSSR count). The van der Waals surface area contributed by atoms with E-state index in [1.54, 1.807) is 10.6 Å². The van der Waals surface area contributed by atoms with Crippen LogP contribution in [0.1, 0.15) is 29.0 Å². The highest BCUT2D eigenvalue weighted by atomic mass is 16.2. The van der Waals surface area contributed by atoms with Crippen LogP contribution in [0.2, 0.25) is 0 Å². The normalized spacial score (nSPS) is 12.5. The quantitative estimate of drug-likeness (QED) is 0.538. The maximum atomic E-state index is 12.4. The van der Waals surface area contributed by atoms with Gasteiger partial charge in [0.2, 0.25) is 0 Å². The van der Waals surface area contributed by atoms with E-state index in [0.29, 0.717) is 11.2 Å². The molecule has 0 aliphatic heterocycles. The van der Waals surface area contributed by atoms with Gasteiger partial charge in [-0.3, -0.25) is 4.79 Å². The largest absolute Gasteiger partial charge is 0.344 e. The number of H-pyrrole nitrogens is 2. The fraction of sp³-hybridized carbons (Fsp3) is 0.118. The Morgan fingerprint density at radius 1 is 1.21 bits per heavy atom. The molecule has 0 spiro atoms. The smallest absolute Gasteiger partial charge is 0.323 e. The number of pyridine rings is 1. The highest BCUT2D eigenvalue weighted by Crippen LogP contribution is 2.17. The molecule has 0 fully saturated rings. The Bertz CT molecular complexity index is 1070. The Morgan fingerprint density at radius 2 is 2.04 bits per heavy atom. The van der Waals surface area contributed by atoms with Crippen LogP contribution in [0.15, 0.2) is 53.6 Å². The minimum atomic E-state index is -0.247. The van der Waals surface area contributed by atoms with Crippen LogP contribution in [-0.2, 0) is 0 Å². The lowest BCUT2D eigenvalue weighted by Gasteiger charge is -2.13. The van der Waals surface area contributed by atoms with Crippen molar-refractivity contribution >= 4 is 22.6 Å². The van der Waals surface area contributed by atoms with Gasteiger partial charge in [-0.15, -0.1) is 0 Å². The SMILES string of the molecule is C[C@@H](NC(=O)c1cn2ccccc2n1)c1ccc2[nH]c(=O)[nH]c2c1. The minimum Gasteiger partial charge on any atom is -0.344 e. The molecule has 4 aromatic rings. The van der Waals surface area contributed by atoms with Crippen molar-refractivity contribution in [3.8, 4) is 0 Å². The van der Waals surface area contributed by atoms with Crippen LogP contribution in [0.25, 0.3) is 16.7 Å². The summed E-state index contributed by atoms with van der Waals surface area (Å²) in [6.45, 7) is 1.89. The summed E-state index contributed by atoms with van der Waals surface area (Å²) in [5.41, 5.74) is 3.19. The zero-order chi connectivity index (χ0) is 16.7. The number of amides is 1. The van der Waals surface area contributed by atoms with Gasteiger partial charge < -0.3 is 19.7 Å². The Hall–Kier alpha value is -3.35. The van der Waals surface area contributed by atoms with Gasteiger partial charge >= 0.3 is 5.69 Å². The Kier molecular flexibility index (Phi) is 3.19. The highest BCUT2D eigenvalue weighted by Gasteiger charge is 2.15. The number of aromatic amines is 2. The first kappa shape index (κ1) is 14.3. The molecule has 0 aliphatic carbocycles. The molecule has 3 aromatic heterocycles. The third kappa shape index (κ3) is 2.45. The molecule has 1 amide bonds. The fourth-order valence-electron chi connectivity index (χ4n) is 2.72.